The molecule has 45 heavy (non-hydrogen) atoms. The third-order valence-electron chi connectivity index (χ3n) is 7.45. The Balaban J connectivity index is 1.31. The molecule has 0 aliphatic carbocycles. The Labute approximate surface area is 271 Å². The minimum Gasteiger partial charge on any atom is -0.463 e. The van der Waals surface area contributed by atoms with Gasteiger partial charge in [0.05, 0.1) is 18.7 Å². The van der Waals surface area contributed by atoms with Crippen LogP contribution in [0.15, 0.2) is 101 Å². The number of benzene rings is 3. The van der Waals surface area contributed by atoms with Gasteiger partial charge in [-0.2, -0.15) is 0 Å². The van der Waals surface area contributed by atoms with Gasteiger partial charge in [0.1, 0.15) is 17.3 Å². The summed E-state index contributed by atoms with van der Waals surface area (Å²) in [6.07, 6.45) is 0.558. The molecule has 5 rings (SSSR count). The Hall–Kier alpha value is -4.53. The summed E-state index contributed by atoms with van der Waals surface area (Å²) in [6.45, 7) is 4.03. The van der Waals surface area contributed by atoms with E-state index in [9.17, 15) is 14.4 Å². The van der Waals surface area contributed by atoms with E-state index in [0.29, 0.717) is 51.5 Å². The summed E-state index contributed by atoms with van der Waals surface area (Å²) in [5.74, 6) is 0.162. The summed E-state index contributed by atoms with van der Waals surface area (Å²) in [5.41, 5.74) is 2.47. The van der Waals surface area contributed by atoms with Crippen molar-refractivity contribution in [3.05, 3.63) is 129 Å². The second-order valence-electron chi connectivity index (χ2n) is 10.5. The molecule has 0 bridgehead atoms. The van der Waals surface area contributed by atoms with Crippen LogP contribution in [0.2, 0.25) is 10.0 Å². The maximum Gasteiger partial charge on any atom is 0.336 e. The Bertz CT molecular complexity index is 1730. The number of carbonyl (C=O) groups is 3. The van der Waals surface area contributed by atoms with Crippen molar-refractivity contribution in [1.82, 2.24) is 10.2 Å². The van der Waals surface area contributed by atoms with Gasteiger partial charge in [-0.3, -0.25) is 9.59 Å². The van der Waals surface area contributed by atoms with Crippen molar-refractivity contribution < 1.29 is 28.3 Å². The molecule has 0 radical (unpaired) electrons. The number of hydrogen-bond acceptors (Lipinski definition) is 6. The van der Waals surface area contributed by atoms with Crippen molar-refractivity contribution in [3.63, 3.8) is 0 Å². The van der Waals surface area contributed by atoms with E-state index in [1.807, 2.05) is 60.7 Å². The number of amides is 2. The lowest BCUT2D eigenvalue weighted by Gasteiger charge is -2.34. The molecular formula is C35H32Cl2N2O6. The Morgan fingerprint density at radius 3 is 2.51 bits per heavy atom. The number of esters is 1. The number of ether oxygens (including phenoxy) is 2. The molecule has 0 saturated carbocycles. The first-order valence-electron chi connectivity index (χ1n) is 14.6. The minimum atomic E-state index is -0.529. The van der Waals surface area contributed by atoms with Gasteiger partial charge in [0.25, 0.3) is 5.91 Å². The predicted octanol–water partition coefficient (Wildman–Crippen LogP) is 7.70. The molecule has 1 aromatic heterocycles. The van der Waals surface area contributed by atoms with E-state index in [1.54, 1.807) is 38.1 Å². The molecule has 4 aromatic rings. The van der Waals surface area contributed by atoms with Gasteiger partial charge in [-0.15, -0.1) is 0 Å². The maximum atomic E-state index is 13.5. The highest BCUT2D eigenvalue weighted by atomic mass is 35.5. The zero-order valence-electron chi connectivity index (χ0n) is 24.8. The van der Waals surface area contributed by atoms with E-state index in [0.717, 1.165) is 11.1 Å². The van der Waals surface area contributed by atoms with Gasteiger partial charge < -0.3 is 24.1 Å². The minimum absolute atomic E-state index is 0.0432. The Morgan fingerprint density at radius 1 is 0.978 bits per heavy atom. The third-order valence-corrected chi connectivity index (χ3v) is 8.04. The second-order valence-corrected chi connectivity index (χ2v) is 11.3. The number of furan rings is 1. The second kappa shape index (κ2) is 14.5. The van der Waals surface area contributed by atoms with Crippen LogP contribution < -0.4 is 10.1 Å². The number of nitrogens with one attached hydrogen (secondary N) is 1. The molecule has 1 N–H and O–H groups in total. The lowest BCUT2D eigenvalue weighted by atomic mass is 9.83. The maximum absolute atomic E-state index is 13.5. The molecule has 10 heteroatoms. The van der Waals surface area contributed by atoms with Crippen LogP contribution in [-0.2, 0) is 27.3 Å². The number of rotatable bonds is 11. The molecule has 2 heterocycles. The van der Waals surface area contributed by atoms with E-state index in [4.69, 9.17) is 37.1 Å². The summed E-state index contributed by atoms with van der Waals surface area (Å²) in [7, 11) is 0. The summed E-state index contributed by atoms with van der Waals surface area (Å²) in [4.78, 5) is 41.0. The summed E-state index contributed by atoms with van der Waals surface area (Å²) < 4.78 is 17.2. The van der Waals surface area contributed by atoms with Gasteiger partial charge in [-0.05, 0) is 79.9 Å². The monoisotopic (exact) mass is 646 g/mol. The lowest BCUT2D eigenvalue weighted by molar-refractivity contribution is -0.140. The van der Waals surface area contributed by atoms with Crippen LogP contribution in [0.1, 0.15) is 53.6 Å². The van der Waals surface area contributed by atoms with Crippen molar-refractivity contribution in [1.29, 1.82) is 0 Å². The van der Waals surface area contributed by atoms with Crippen molar-refractivity contribution in [2.24, 2.45) is 0 Å². The zero-order chi connectivity index (χ0) is 31.9. The van der Waals surface area contributed by atoms with Gasteiger partial charge in [-0.25, -0.2) is 4.79 Å². The van der Waals surface area contributed by atoms with Gasteiger partial charge >= 0.3 is 5.97 Å². The molecule has 1 aliphatic rings. The van der Waals surface area contributed by atoms with Gasteiger partial charge in [-0.1, -0.05) is 59.6 Å². The predicted molar refractivity (Wildman–Crippen MR) is 171 cm³/mol. The summed E-state index contributed by atoms with van der Waals surface area (Å²) >= 11 is 12.2. The van der Waals surface area contributed by atoms with E-state index in [-0.39, 0.29) is 31.2 Å². The van der Waals surface area contributed by atoms with Crippen LogP contribution >= 0.6 is 23.2 Å². The number of nitrogens with zero attached hydrogens (tertiary/aromatic N) is 1. The van der Waals surface area contributed by atoms with Gasteiger partial charge in [0.15, 0.2) is 5.76 Å². The molecule has 0 spiro atoms. The van der Waals surface area contributed by atoms with Crippen LogP contribution in [0.5, 0.6) is 11.5 Å². The quantitative estimate of drug-likeness (QED) is 0.168. The normalized spacial score (nSPS) is 14.8. The largest absolute Gasteiger partial charge is 0.463 e. The molecule has 0 saturated heterocycles. The molecule has 2 amide bonds. The van der Waals surface area contributed by atoms with Crippen LogP contribution in [0.3, 0.4) is 0 Å². The van der Waals surface area contributed by atoms with Crippen LogP contribution in [0.25, 0.3) is 0 Å². The van der Waals surface area contributed by atoms with E-state index < -0.39 is 17.8 Å². The Kier molecular flexibility index (Phi) is 10.3. The first kappa shape index (κ1) is 31.9. The molecule has 1 unspecified atom stereocenters. The van der Waals surface area contributed by atoms with Gasteiger partial charge in [0, 0.05) is 34.6 Å². The van der Waals surface area contributed by atoms with Crippen LogP contribution in [0, 0.1) is 0 Å². The lowest BCUT2D eigenvalue weighted by Crippen LogP contribution is -2.38. The molecule has 1 aliphatic heterocycles. The average Bonchev–Trinajstić information content (AvgIpc) is 3.49. The summed E-state index contributed by atoms with van der Waals surface area (Å²) in [6, 6.07) is 25.2. The highest BCUT2D eigenvalue weighted by Gasteiger charge is 2.37. The standard InChI is InChI=1S/C35H32Cl2N2O6/c1-3-43-35(42)33-22(2)39(32(40)20-29(33)24-8-7-11-27(18-24)44-26-9-5-4-6-10-26)21-28-14-15-31(45-28)34(41)38-17-16-23-12-13-25(36)19-30(23)37/h4-15,18-19,29H,3,16-17,20-21H2,1-2H3,(H,38,41). The van der Waals surface area contributed by atoms with Crippen molar-refractivity contribution in [3.8, 4) is 11.5 Å². The number of carbonyl (C=O) groups excluding carboxylic acids is 3. The smallest absolute Gasteiger partial charge is 0.336 e. The van der Waals surface area contributed by atoms with Crippen molar-refractivity contribution in [2.75, 3.05) is 13.2 Å². The number of halogens is 2. The Morgan fingerprint density at radius 2 is 1.76 bits per heavy atom. The molecule has 8 nitrogen and oxygen atoms in total. The molecule has 3 aromatic carbocycles. The molecule has 232 valence electrons. The highest BCUT2D eigenvalue weighted by molar-refractivity contribution is 6.35. The molecule has 0 fully saturated rings. The number of hydrogen-bond donors (Lipinski definition) is 1. The van der Waals surface area contributed by atoms with E-state index in [2.05, 4.69) is 5.32 Å². The van der Waals surface area contributed by atoms with Gasteiger partial charge in [0.2, 0.25) is 5.91 Å². The van der Waals surface area contributed by atoms with Crippen LogP contribution in [0.4, 0.5) is 0 Å². The van der Waals surface area contributed by atoms with E-state index >= 15 is 0 Å². The average molecular weight is 648 g/mol. The van der Waals surface area contributed by atoms with E-state index in [1.165, 1.54) is 4.90 Å². The fraction of sp³-hybridized carbons (Fsp3) is 0.229. The topological polar surface area (TPSA) is 98.1 Å². The fourth-order valence-electron chi connectivity index (χ4n) is 5.24. The molecular weight excluding hydrogens is 615 g/mol. The molecule has 1 atom stereocenters. The SMILES string of the molecule is CCOC(=O)C1=C(C)N(Cc2ccc(C(=O)NCCc3ccc(Cl)cc3Cl)o2)C(=O)CC1c1cccc(Oc2ccccc2)c1. The summed E-state index contributed by atoms with van der Waals surface area (Å²) in [5, 5.41) is 3.89. The highest BCUT2D eigenvalue weighted by Crippen LogP contribution is 2.39. The first-order valence-corrected chi connectivity index (χ1v) is 15.3. The number of allylic oxidation sites excluding steroid dienone is 1. The zero-order valence-corrected chi connectivity index (χ0v) is 26.4. The first-order chi connectivity index (χ1) is 21.7. The number of para-hydroxylation sites is 1. The fourth-order valence-corrected chi connectivity index (χ4v) is 5.75. The van der Waals surface area contributed by atoms with Crippen LogP contribution in [-0.4, -0.2) is 35.8 Å². The third kappa shape index (κ3) is 7.77. The van der Waals surface area contributed by atoms with Crippen molar-refractivity contribution >= 4 is 41.0 Å². The van der Waals surface area contributed by atoms with Crippen molar-refractivity contribution in [2.45, 2.75) is 39.2 Å².